The van der Waals surface area contributed by atoms with Crippen molar-refractivity contribution in [3.8, 4) is 0 Å². The van der Waals surface area contributed by atoms with Gasteiger partial charge in [-0.15, -0.1) is 11.3 Å². The van der Waals surface area contributed by atoms with Crippen LogP contribution < -0.4 is 0 Å². The standard InChI is InChI=1S/C13H16OS2/c14-11(4-3-9-1-2-9)13-7-10-8-15-6-5-12(10)16-13/h7,9H,1-6,8H2. The number of fused-ring (bicyclic) bond motifs is 1. The molecule has 0 radical (unpaired) electrons. The summed E-state index contributed by atoms with van der Waals surface area (Å²) in [7, 11) is 0. The van der Waals surface area contributed by atoms with E-state index >= 15 is 0 Å². The number of hydrogen-bond donors (Lipinski definition) is 0. The van der Waals surface area contributed by atoms with Crippen molar-refractivity contribution in [2.45, 2.75) is 37.9 Å². The van der Waals surface area contributed by atoms with Gasteiger partial charge in [0.05, 0.1) is 4.88 Å². The van der Waals surface area contributed by atoms with E-state index in [1.807, 2.05) is 11.8 Å². The topological polar surface area (TPSA) is 17.1 Å². The Bertz CT molecular complexity index is 381. The molecule has 1 aromatic rings. The zero-order valence-corrected chi connectivity index (χ0v) is 11.0. The number of rotatable bonds is 4. The quantitative estimate of drug-likeness (QED) is 0.756. The predicted molar refractivity (Wildman–Crippen MR) is 70.5 cm³/mol. The minimum atomic E-state index is 0.385. The van der Waals surface area contributed by atoms with E-state index in [1.165, 1.54) is 35.5 Å². The molecular formula is C13H16OS2. The lowest BCUT2D eigenvalue weighted by atomic mass is 10.1. The highest BCUT2D eigenvalue weighted by Crippen LogP contribution is 2.35. The lowest BCUT2D eigenvalue weighted by Gasteiger charge is -2.08. The molecule has 1 aliphatic carbocycles. The van der Waals surface area contributed by atoms with E-state index in [4.69, 9.17) is 0 Å². The molecule has 0 spiro atoms. The van der Waals surface area contributed by atoms with Crippen molar-refractivity contribution in [3.63, 3.8) is 0 Å². The molecule has 1 fully saturated rings. The maximum atomic E-state index is 12.0. The van der Waals surface area contributed by atoms with Crippen molar-refractivity contribution in [2.24, 2.45) is 5.92 Å². The Morgan fingerprint density at radius 3 is 3.06 bits per heavy atom. The molecule has 0 bridgehead atoms. The van der Waals surface area contributed by atoms with Crippen LogP contribution in [-0.2, 0) is 12.2 Å². The first kappa shape index (κ1) is 10.8. The lowest BCUT2D eigenvalue weighted by molar-refractivity contribution is 0.0982. The average molecular weight is 252 g/mol. The Hall–Kier alpha value is -0.280. The first-order valence-corrected chi connectivity index (χ1v) is 8.02. The summed E-state index contributed by atoms with van der Waals surface area (Å²) < 4.78 is 0. The molecule has 1 nitrogen and oxygen atoms in total. The molecule has 0 N–H and O–H groups in total. The summed E-state index contributed by atoms with van der Waals surface area (Å²) in [4.78, 5) is 14.5. The molecule has 2 heterocycles. The molecular weight excluding hydrogens is 236 g/mol. The number of ketones is 1. The second-order valence-electron chi connectivity index (χ2n) is 4.77. The fourth-order valence-electron chi connectivity index (χ4n) is 2.15. The van der Waals surface area contributed by atoms with Crippen LogP contribution in [0, 0.1) is 5.92 Å². The van der Waals surface area contributed by atoms with Crippen LogP contribution in [0.25, 0.3) is 0 Å². The van der Waals surface area contributed by atoms with Gasteiger partial charge in [0.25, 0.3) is 0 Å². The summed E-state index contributed by atoms with van der Waals surface area (Å²) in [6, 6.07) is 2.15. The summed E-state index contributed by atoms with van der Waals surface area (Å²) in [5.41, 5.74) is 1.43. The summed E-state index contributed by atoms with van der Waals surface area (Å²) >= 11 is 3.74. The average Bonchev–Trinajstić information content (AvgIpc) is 3.02. The third kappa shape index (κ3) is 2.35. The molecule has 86 valence electrons. The SMILES string of the molecule is O=C(CCC1CC1)c1cc2c(s1)CCSC2. The predicted octanol–water partition coefficient (Wildman–Crippen LogP) is 3.91. The highest BCUT2D eigenvalue weighted by molar-refractivity contribution is 7.98. The molecule has 0 aromatic carbocycles. The Balaban J connectivity index is 1.67. The Morgan fingerprint density at radius 2 is 2.31 bits per heavy atom. The molecule has 0 amide bonds. The van der Waals surface area contributed by atoms with Crippen molar-refractivity contribution in [3.05, 3.63) is 21.4 Å². The van der Waals surface area contributed by atoms with Crippen LogP contribution in [0.4, 0.5) is 0 Å². The fraction of sp³-hybridized carbons (Fsp3) is 0.615. The van der Waals surface area contributed by atoms with E-state index in [9.17, 15) is 4.79 Å². The van der Waals surface area contributed by atoms with E-state index in [0.29, 0.717) is 5.78 Å². The van der Waals surface area contributed by atoms with Gasteiger partial charge in [0, 0.05) is 17.1 Å². The Morgan fingerprint density at radius 1 is 1.44 bits per heavy atom. The van der Waals surface area contributed by atoms with Gasteiger partial charge < -0.3 is 0 Å². The zero-order valence-electron chi connectivity index (χ0n) is 9.33. The maximum absolute atomic E-state index is 12.0. The molecule has 1 aliphatic heterocycles. The van der Waals surface area contributed by atoms with E-state index in [0.717, 1.165) is 29.4 Å². The first-order chi connectivity index (χ1) is 7.83. The van der Waals surface area contributed by atoms with Crippen LogP contribution in [-0.4, -0.2) is 11.5 Å². The summed E-state index contributed by atoms with van der Waals surface area (Å²) in [5, 5.41) is 0. The molecule has 2 aliphatic rings. The van der Waals surface area contributed by atoms with Crippen LogP contribution in [0.3, 0.4) is 0 Å². The normalized spacial score (nSPS) is 19.5. The van der Waals surface area contributed by atoms with Crippen molar-refractivity contribution >= 4 is 28.9 Å². The van der Waals surface area contributed by atoms with Crippen molar-refractivity contribution in [1.29, 1.82) is 0 Å². The van der Waals surface area contributed by atoms with Gasteiger partial charge in [0.1, 0.15) is 0 Å². The Labute approximate surface area is 105 Å². The molecule has 0 atom stereocenters. The zero-order chi connectivity index (χ0) is 11.0. The third-order valence-corrected chi connectivity index (χ3v) is 5.67. The summed E-state index contributed by atoms with van der Waals surface area (Å²) in [6.45, 7) is 0. The molecule has 3 rings (SSSR count). The second kappa shape index (κ2) is 4.53. The first-order valence-electron chi connectivity index (χ1n) is 6.05. The molecule has 1 aromatic heterocycles. The minimum absolute atomic E-state index is 0.385. The van der Waals surface area contributed by atoms with Gasteiger partial charge in [-0.05, 0) is 36.1 Å². The van der Waals surface area contributed by atoms with Crippen LogP contribution >= 0.6 is 23.1 Å². The van der Waals surface area contributed by atoms with Crippen molar-refractivity contribution in [1.82, 2.24) is 0 Å². The molecule has 1 saturated carbocycles. The number of carbonyl (C=O) groups is 1. The van der Waals surface area contributed by atoms with E-state index in [1.54, 1.807) is 11.3 Å². The van der Waals surface area contributed by atoms with Crippen molar-refractivity contribution < 1.29 is 4.79 Å². The van der Waals surface area contributed by atoms with E-state index in [2.05, 4.69) is 6.07 Å². The number of Topliss-reactive ketones (excluding diaryl/α,β-unsaturated/α-hetero) is 1. The highest BCUT2D eigenvalue weighted by atomic mass is 32.2. The highest BCUT2D eigenvalue weighted by Gasteiger charge is 2.23. The molecule has 0 saturated heterocycles. The largest absolute Gasteiger partial charge is 0.293 e. The Kier molecular flexibility index (Phi) is 3.07. The molecule has 16 heavy (non-hydrogen) atoms. The van der Waals surface area contributed by atoms with Crippen LogP contribution in [0.2, 0.25) is 0 Å². The van der Waals surface area contributed by atoms with E-state index in [-0.39, 0.29) is 0 Å². The van der Waals surface area contributed by atoms with Gasteiger partial charge in [-0.25, -0.2) is 0 Å². The van der Waals surface area contributed by atoms with Crippen LogP contribution in [0.15, 0.2) is 6.07 Å². The van der Waals surface area contributed by atoms with E-state index < -0.39 is 0 Å². The smallest absolute Gasteiger partial charge is 0.172 e. The third-order valence-electron chi connectivity index (χ3n) is 3.38. The summed E-state index contributed by atoms with van der Waals surface area (Å²) in [6.07, 6.45) is 5.77. The molecule has 0 unspecified atom stereocenters. The van der Waals surface area contributed by atoms with Gasteiger partial charge in [-0.2, -0.15) is 11.8 Å². The van der Waals surface area contributed by atoms with Crippen molar-refractivity contribution in [2.75, 3.05) is 5.75 Å². The number of thiophene rings is 1. The number of aryl methyl sites for hydroxylation is 1. The second-order valence-corrected chi connectivity index (χ2v) is 7.01. The van der Waals surface area contributed by atoms with Gasteiger partial charge in [0.15, 0.2) is 5.78 Å². The van der Waals surface area contributed by atoms with Crippen LogP contribution in [0.1, 0.15) is 45.8 Å². The van der Waals surface area contributed by atoms with Gasteiger partial charge in [-0.3, -0.25) is 4.79 Å². The fourth-order valence-corrected chi connectivity index (χ4v) is 4.49. The maximum Gasteiger partial charge on any atom is 0.172 e. The number of thioether (sulfide) groups is 1. The lowest BCUT2D eigenvalue weighted by Crippen LogP contribution is -1.96. The monoisotopic (exact) mass is 252 g/mol. The number of hydrogen-bond acceptors (Lipinski definition) is 3. The van der Waals surface area contributed by atoms with Gasteiger partial charge in [-0.1, -0.05) is 12.8 Å². The van der Waals surface area contributed by atoms with Gasteiger partial charge in [0.2, 0.25) is 0 Å². The molecule has 3 heteroatoms. The summed E-state index contributed by atoms with van der Waals surface area (Å²) in [5.74, 6) is 3.59. The minimum Gasteiger partial charge on any atom is -0.293 e. The van der Waals surface area contributed by atoms with Gasteiger partial charge >= 0.3 is 0 Å². The van der Waals surface area contributed by atoms with Crippen LogP contribution in [0.5, 0.6) is 0 Å². The number of carbonyl (C=O) groups excluding carboxylic acids is 1.